The Bertz CT molecular complexity index is 1420. The summed E-state index contributed by atoms with van der Waals surface area (Å²) in [5.41, 5.74) is 2.39. The van der Waals surface area contributed by atoms with Gasteiger partial charge in [-0.15, -0.1) is 10.1 Å². The molecule has 3 heterocycles. The van der Waals surface area contributed by atoms with E-state index in [4.69, 9.17) is 14.5 Å². The summed E-state index contributed by atoms with van der Waals surface area (Å²) >= 11 is 1.65. The number of nitrogens with one attached hydrogen (secondary N) is 1. The molecule has 13 nitrogen and oxygen atoms in total. The topological polar surface area (TPSA) is 155 Å². The maximum absolute atomic E-state index is 13.0. The molecule has 0 spiro atoms. The molecule has 1 saturated heterocycles. The second-order valence-corrected chi connectivity index (χ2v) is 11.0. The van der Waals surface area contributed by atoms with Crippen molar-refractivity contribution in [1.82, 2.24) is 24.1 Å². The first-order chi connectivity index (χ1) is 19.8. The van der Waals surface area contributed by atoms with Gasteiger partial charge in [-0.2, -0.15) is 5.10 Å². The predicted octanol–water partition coefficient (Wildman–Crippen LogP) is 3.93. The molecule has 0 atom stereocenters. The van der Waals surface area contributed by atoms with Gasteiger partial charge in [-0.3, -0.25) is 14.3 Å². The van der Waals surface area contributed by atoms with Crippen LogP contribution in [0.3, 0.4) is 0 Å². The highest BCUT2D eigenvalue weighted by Gasteiger charge is 2.27. The van der Waals surface area contributed by atoms with E-state index in [1.165, 1.54) is 0 Å². The molecule has 1 aromatic carbocycles. The van der Waals surface area contributed by atoms with Gasteiger partial charge in [-0.1, -0.05) is 13.3 Å². The zero-order valence-corrected chi connectivity index (χ0v) is 24.4. The fourth-order valence-corrected chi connectivity index (χ4v) is 5.89. The molecule has 1 fully saturated rings. The zero-order valence-electron chi connectivity index (χ0n) is 23.6. The van der Waals surface area contributed by atoms with E-state index in [-0.39, 0.29) is 31.0 Å². The smallest absolute Gasteiger partial charge is 0.305 e. The van der Waals surface area contributed by atoms with E-state index >= 15 is 0 Å². The summed E-state index contributed by atoms with van der Waals surface area (Å²) in [4.78, 5) is 47.8. The number of ether oxygens (including phenoxy) is 2. The number of carbonyl (C=O) groups excluding carboxylic acids is 1. The fraction of sp³-hybridized carbons (Fsp3) is 0.556. The maximum Gasteiger partial charge on any atom is 0.305 e. The highest BCUT2D eigenvalue weighted by atomic mass is 32.2. The van der Waals surface area contributed by atoms with Crippen LogP contribution >= 0.6 is 11.9 Å². The lowest BCUT2D eigenvalue weighted by Gasteiger charge is -2.38. The summed E-state index contributed by atoms with van der Waals surface area (Å²) in [6.45, 7) is 6.53. The van der Waals surface area contributed by atoms with E-state index in [2.05, 4.69) is 26.1 Å². The molecule has 2 aromatic heterocycles. The molecule has 0 aliphatic carbocycles. The summed E-state index contributed by atoms with van der Waals surface area (Å²) < 4.78 is 14.9. The number of aryl methyl sites for hydroxylation is 2. The van der Waals surface area contributed by atoms with Crippen LogP contribution < -0.4 is 10.3 Å². The van der Waals surface area contributed by atoms with Crippen LogP contribution in [0.4, 0.5) is 0 Å². The minimum absolute atomic E-state index is 0.102. The van der Waals surface area contributed by atoms with E-state index in [0.29, 0.717) is 41.7 Å². The number of carbonyl (C=O) groups is 1. The average Bonchev–Trinajstić information content (AvgIpc) is 3.23. The Morgan fingerprint density at radius 3 is 2.78 bits per heavy atom. The van der Waals surface area contributed by atoms with Gasteiger partial charge in [0.05, 0.1) is 31.1 Å². The molecule has 1 aliphatic heterocycles. The van der Waals surface area contributed by atoms with Crippen LogP contribution in [-0.4, -0.2) is 68.0 Å². The first kappa shape index (κ1) is 30.3. The Hall–Kier alpha value is -3.65. The van der Waals surface area contributed by atoms with E-state index in [9.17, 15) is 19.7 Å². The van der Waals surface area contributed by atoms with Crippen LogP contribution in [0.1, 0.15) is 51.6 Å². The largest absolute Gasteiger partial charge is 0.493 e. The fourth-order valence-electron chi connectivity index (χ4n) is 4.73. The van der Waals surface area contributed by atoms with Crippen molar-refractivity contribution < 1.29 is 24.2 Å². The molecule has 0 unspecified atom stereocenters. The lowest BCUT2D eigenvalue weighted by molar-refractivity contribution is -0.757. The van der Waals surface area contributed by atoms with Gasteiger partial charge < -0.3 is 19.3 Å². The molecule has 14 heteroatoms. The van der Waals surface area contributed by atoms with Crippen LogP contribution in [-0.2, 0) is 27.8 Å². The highest BCUT2D eigenvalue weighted by molar-refractivity contribution is 7.97. The summed E-state index contributed by atoms with van der Waals surface area (Å²) in [5, 5.41) is 13.8. The van der Waals surface area contributed by atoms with Gasteiger partial charge in [0.15, 0.2) is 5.52 Å². The number of aromatic amines is 1. The maximum atomic E-state index is 13.0. The van der Waals surface area contributed by atoms with Crippen LogP contribution in [0, 0.1) is 16.0 Å². The molecule has 1 aliphatic rings. The molecule has 222 valence electrons. The van der Waals surface area contributed by atoms with Crippen LogP contribution in [0.25, 0.3) is 22.4 Å². The predicted molar refractivity (Wildman–Crippen MR) is 153 cm³/mol. The Morgan fingerprint density at radius 2 is 2.05 bits per heavy atom. The lowest BCUT2D eigenvalue weighted by atomic mass is 9.98. The van der Waals surface area contributed by atoms with Gasteiger partial charge in [0, 0.05) is 31.5 Å². The van der Waals surface area contributed by atoms with Gasteiger partial charge in [0.1, 0.15) is 17.1 Å². The minimum Gasteiger partial charge on any atom is -0.493 e. The van der Waals surface area contributed by atoms with Gasteiger partial charge in [0.25, 0.3) is 10.6 Å². The number of esters is 1. The summed E-state index contributed by atoms with van der Waals surface area (Å²) in [5.74, 6) is 1.26. The number of fused-ring (bicyclic) bond motifs is 1. The van der Waals surface area contributed by atoms with Crippen molar-refractivity contribution in [1.29, 1.82) is 0 Å². The van der Waals surface area contributed by atoms with Gasteiger partial charge in [-0.25, -0.2) is 9.29 Å². The summed E-state index contributed by atoms with van der Waals surface area (Å²) in [6.07, 6.45) is 3.71. The second kappa shape index (κ2) is 14.3. The summed E-state index contributed by atoms with van der Waals surface area (Å²) in [7, 11) is 1.76. The first-order valence-electron chi connectivity index (χ1n) is 13.9. The van der Waals surface area contributed by atoms with Crippen molar-refractivity contribution >= 4 is 29.0 Å². The van der Waals surface area contributed by atoms with Crippen LogP contribution in [0.5, 0.6) is 5.75 Å². The van der Waals surface area contributed by atoms with Gasteiger partial charge in [-0.05, 0) is 68.7 Å². The van der Waals surface area contributed by atoms with E-state index in [0.717, 1.165) is 54.9 Å². The molecular weight excluding hydrogens is 552 g/mol. The number of benzene rings is 1. The molecule has 0 radical (unpaired) electrons. The lowest BCUT2D eigenvalue weighted by Crippen LogP contribution is -2.41. The standard InChI is InChI=1S/C27H36N6O7S/c1-4-8-21-24-25(31(3)30-21)27(35)29-26(28-24)20-15-19(11-12-22(20)38-5-2)41-32-16-18(17-32)9-6-13-39-23(34)10-7-14-40-33(36)37/h11-12,15,18H,4-10,13-14,16-17H2,1-3H3,(H,28,29,35). The van der Waals surface area contributed by atoms with Crippen molar-refractivity contribution in [2.45, 2.75) is 57.3 Å². The molecule has 4 rings (SSSR count). The van der Waals surface area contributed by atoms with Crippen LogP contribution in [0.2, 0.25) is 0 Å². The van der Waals surface area contributed by atoms with Gasteiger partial charge >= 0.3 is 5.97 Å². The second-order valence-electron chi connectivity index (χ2n) is 9.85. The number of aromatic nitrogens is 4. The average molecular weight is 589 g/mol. The van der Waals surface area contributed by atoms with Crippen molar-refractivity contribution in [3.8, 4) is 17.1 Å². The van der Waals surface area contributed by atoms with Gasteiger partial charge in [0.2, 0.25) is 0 Å². The van der Waals surface area contributed by atoms with Crippen molar-refractivity contribution in [3.05, 3.63) is 44.4 Å². The number of hydrogen-bond donors (Lipinski definition) is 1. The quantitative estimate of drug-likeness (QED) is 0.0851. The molecule has 0 saturated carbocycles. The number of hydrogen-bond acceptors (Lipinski definition) is 11. The third-order valence-corrected chi connectivity index (χ3v) is 7.68. The third kappa shape index (κ3) is 7.97. The Morgan fingerprint density at radius 1 is 1.24 bits per heavy atom. The molecule has 1 N–H and O–H groups in total. The zero-order chi connectivity index (χ0) is 29.4. The molecule has 3 aromatic rings. The molecule has 41 heavy (non-hydrogen) atoms. The SMILES string of the molecule is CCCc1nn(C)c2c(=O)[nH]c(-c3cc(SN4CC(CCCOC(=O)CCCO[N+](=O)[O-])C4)ccc3OCC)nc12. The highest BCUT2D eigenvalue weighted by Crippen LogP contribution is 2.37. The normalized spacial score (nSPS) is 13.7. The molecular formula is C27H36N6O7S. The van der Waals surface area contributed by atoms with Crippen molar-refractivity contribution in [2.24, 2.45) is 13.0 Å². The number of H-pyrrole nitrogens is 1. The van der Waals surface area contributed by atoms with E-state index < -0.39 is 5.09 Å². The monoisotopic (exact) mass is 588 g/mol. The Labute approximate surface area is 241 Å². The third-order valence-electron chi connectivity index (χ3n) is 6.66. The van der Waals surface area contributed by atoms with Crippen molar-refractivity contribution in [3.63, 3.8) is 0 Å². The Kier molecular flexibility index (Phi) is 10.6. The summed E-state index contributed by atoms with van der Waals surface area (Å²) in [6, 6.07) is 5.92. The number of nitrogens with zero attached hydrogens (tertiary/aromatic N) is 5. The van der Waals surface area contributed by atoms with E-state index in [1.807, 2.05) is 25.1 Å². The van der Waals surface area contributed by atoms with Crippen molar-refractivity contribution in [2.75, 3.05) is 32.9 Å². The minimum atomic E-state index is -0.870. The number of rotatable bonds is 16. The molecule has 0 amide bonds. The Balaban J connectivity index is 1.32. The van der Waals surface area contributed by atoms with Crippen LogP contribution in [0.15, 0.2) is 27.9 Å². The van der Waals surface area contributed by atoms with E-state index in [1.54, 1.807) is 23.7 Å². The first-order valence-corrected chi connectivity index (χ1v) is 14.6. The molecule has 0 bridgehead atoms.